The highest BCUT2D eigenvalue weighted by molar-refractivity contribution is 9.10. The largest absolute Gasteiger partial charge is 0.394 e. The van der Waals surface area contributed by atoms with E-state index < -0.39 is 0 Å². The van der Waals surface area contributed by atoms with E-state index in [1.165, 1.54) is 30.6 Å². The predicted octanol–water partition coefficient (Wildman–Crippen LogP) is 1.14. The minimum Gasteiger partial charge on any atom is -0.394 e. The van der Waals surface area contributed by atoms with Crippen LogP contribution in [0.5, 0.6) is 0 Å². The van der Waals surface area contributed by atoms with Crippen LogP contribution in [0, 0.1) is 5.92 Å². The molecule has 0 radical (unpaired) electrons. The van der Waals surface area contributed by atoms with Gasteiger partial charge < -0.3 is 15.3 Å². The number of anilines is 1. The van der Waals surface area contributed by atoms with Crippen molar-refractivity contribution in [3.05, 3.63) is 21.0 Å². The number of aliphatic hydroxyl groups is 1. The highest BCUT2D eigenvalue weighted by Gasteiger charge is 2.16. The zero-order valence-electron chi connectivity index (χ0n) is 12.4. The van der Waals surface area contributed by atoms with Gasteiger partial charge in [-0.15, -0.1) is 0 Å². The minimum atomic E-state index is -0.214. The highest BCUT2D eigenvalue weighted by Crippen LogP contribution is 2.21. The van der Waals surface area contributed by atoms with Crippen LogP contribution in [0.3, 0.4) is 0 Å². The van der Waals surface area contributed by atoms with Crippen molar-refractivity contribution in [3.63, 3.8) is 0 Å². The van der Waals surface area contributed by atoms with E-state index in [0.29, 0.717) is 4.47 Å². The number of aliphatic hydroxyl groups excluding tert-OH is 1. The quantitative estimate of drug-likeness (QED) is 0.797. The molecule has 0 spiro atoms. The predicted molar refractivity (Wildman–Crippen MR) is 86.6 cm³/mol. The molecule has 0 bridgehead atoms. The second-order valence-electron chi connectivity index (χ2n) is 5.59. The van der Waals surface area contributed by atoms with E-state index in [1.54, 1.807) is 6.20 Å². The van der Waals surface area contributed by atoms with Gasteiger partial charge >= 0.3 is 0 Å². The Balaban J connectivity index is 1.86. The molecule has 118 valence electrons. The molecule has 0 aliphatic carbocycles. The van der Waals surface area contributed by atoms with Gasteiger partial charge in [0.25, 0.3) is 5.56 Å². The standard InChI is InChI=1S/C14H23BrN4O2/c1-18-6-3-11(4-7-18)2-5-16-12-10-17-19(8-9-20)14(21)13(12)15/h10-11,16,20H,2-9H2,1H3. The third-order valence-corrected chi connectivity index (χ3v) is 4.77. The number of hydrogen-bond donors (Lipinski definition) is 2. The average Bonchev–Trinajstić information content (AvgIpc) is 2.48. The Morgan fingerprint density at radius 3 is 2.86 bits per heavy atom. The third kappa shape index (κ3) is 4.52. The molecule has 2 rings (SSSR count). The second kappa shape index (κ2) is 7.91. The molecular formula is C14H23BrN4O2. The Labute approximate surface area is 133 Å². The van der Waals surface area contributed by atoms with Gasteiger partial charge in [0.05, 0.1) is 25.0 Å². The van der Waals surface area contributed by atoms with E-state index in [2.05, 4.69) is 38.3 Å². The van der Waals surface area contributed by atoms with Gasteiger partial charge in [-0.3, -0.25) is 4.79 Å². The second-order valence-corrected chi connectivity index (χ2v) is 6.38. The summed E-state index contributed by atoms with van der Waals surface area (Å²) < 4.78 is 1.74. The zero-order valence-corrected chi connectivity index (χ0v) is 14.0. The molecule has 0 unspecified atom stereocenters. The van der Waals surface area contributed by atoms with Crippen molar-refractivity contribution in [1.29, 1.82) is 0 Å². The number of piperidine rings is 1. The molecule has 1 aromatic heterocycles. The first-order chi connectivity index (χ1) is 10.1. The Morgan fingerprint density at radius 2 is 2.19 bits per heavy atom. The summed E-state index contributed by atoms with van der Waals surface area (Å²) >= 11 is 3.31. The van der Waals surface area contributed by atoms with Gasteiger partial charge in [0.15, 0.2) is 0 Å². The molecule has 0 aromatic carbocycles. The van der Waals surface area contributed by atoms with E-state index in [-0.39, 0.29) is 18.7 Å². The van der Waals surface area contributed by atoms with Crippen LogP contribution in [0.2, 0.25) is 0 Å². The van der Waals surface area contributed by atoms with Crippen LogP contribution < -0.4 is 10.9 Å². The van der Waals surface area contributed by atoms with Gasteiger partial charge in [-0.05, 0) is 61.2 Å². The van der Waals surface area contributed by atoms with Crippen LogP contribution in [0.1, 0.15) is 19.3 Å². The maximum Gasteiger partial charge on any atom is 0.283 e. The van der Waals surface area contributed by atoms with E-state index in [1.807, 2.05) is 0 Å². The first-order valence-electron chi connectivity index (χ1n) is 7.40. The smallest absolute Gasteiger partial charge is 0.283 e. The van der Waals surface area contributed by atoms with Crippen molar-refractivity contribution in [2.45, 2.75) is 25.8 Å². The number of nitrogens with zero attached hydrogens (tertiary/aromatic N) is 3. The summed E-state index contributed by atoms with van der Waals surface area (Å²) in [4.78, 5) is 14.3. The fraction of sp³-hybridized carbons (Fsp3) is 0.714. The molecule has 0 amide bonds. The lowest BCUT2D eigenvalue weighted by Crippen LogP contribution is -2.31. The van der Waals surface area contributed by atoms with Crippen LogP contribution in [-0.4, -0.2) is 53.1 Å². The molecule has 21 heavy (non-hydrogen) atoms. The molecule has 1 aromatic rings. The monoisotopic (exact) mass is 358 g/mol. The van der Waals surface area contributed by atoms with Crippen molar-refractivity contribution in [2.24, 2.45) is 5.92 Å². The Bertz CT molecular complexity index is 512. The molecule has 1 fully saturated rings. The summed E-state index contributed by atoms with van der Waals surface area (Å²) in [6, 6.07) is 0. The number of nitrogens with one attached hydrogen (secondary N) is 1. The average molecular weight is 359 g/mol. The van der Waals surface area contributed by atoms with Gasteiger partial charge in [-0.2, -0.15) is 5.10 Å². The van der Waals surface area contributed by atoms with Crippen LogP contribution in [0.4, 0.5) is 5.69 Å². The summed E-state index contributed by atoms with van der Waals surface area (Å²) in [7, 11) is 2.17. The third-order valence-electron chi connectivity index (χ3n) is 4.00. The van der Waals surface area contributed by atoms with E-state index in [4.69, 9.17) is 5.11 Å². The van der Waals surface area contributed by atoms with Crippen molar-refractivity contribution in [3.8, 4) is 0 Å². The maximum absolute atomic E-state index is 12.0. The number of hydrogen-bond acceptors (Lipinski definition) is 5. The van der Waals surface area contributed by atoms with Gasteiger partial charge in [-0.1, -0.05) is 0 Å². The number of halogens is 1. The van der Waals surface area contributed by atoms with Gasteiger partial charge in [0, 0.05) is 6.54 Å². The first-order valence-corrected chi connectivity index (χ1v) is 8.20. The molecule has 0 saturated carbocycles. The molecule has 6 nitrogen and oxygen atoms in total. The lowest BCUT2D eigenvalue weighted by molar-refractivity contribution is 0.215. The normalized spacial score (nSPS) is 17.1. The van der Waals surface area contributed by atoms with Gasteiger partial charge in [0.2, 0.25) is 0 Å². The zero-order chi connectivity index (χ0) is 15.2. The Kier molecular flexibility index (Phi) is 6.20. The molecule has 1 aliphatic rings. The maximum atomic E-state index is 12.0. The summed E-state index contributed by atoms with van der Waals surface area (Å²) in [6.45, 7) is 3.31. The summed E-state index contributed by atoms with van der Waals surface area (Å²) in [5.74, 6) is 0.759. The summed E-state index contributed by atoms with van der Waals surface area (Å²) in [5.41, 5.74) is 0.510. The Morgan fingerprint density at radius 1 is 1.48 bits per heavy atom. The van der Waals surface area contributed by atoms with Crippen molar-refractivity contribution in [1.82, 2.24) is 14.7 Å². The van der Waals surface area contributed by atoms with E-state index in [9.17, 15) is 4.79 Å². The van der Waals surface area contributed by atoms with Crippen LogP contribution in [0.15, 0.2) is 15.5 Å². The van der Waals surface area contributed by atoms with Crippen LogP contribution in [-0.2, 0) is 6.54 Å². The molecule has 1 aliphatic heterocycles. The van der Waals surface area contributed by atoms with Crippen LogP contribution in [0.25, 0.3) is 0 Å². The van der Waals surface area contributed by atoms with E-state index >= 15 is 0 Å². The topological polar surface area (TPSA) is 70.4 Å². The minimum absolute atomic E-state index is 0.0950. The Hall–Kier alpha value is -0.920. The molecule has 2 heterocycles. The van der Waals surface area contributed by atoms with E-state index in [0.717, 1.165) is 24.6 Å². The van der Waals surface area contributed by atoms with Crippen molar-refractivity contribution in [2.75, 3.05) is 38.6 Å². The van der Waals surface area contributed by atoms with Crippen molar-refractivity contribution >= 4 is 21.6 Å². The lowest BCUT2D eigenvalue weighted by atomic mass is 9.94. The van der Waals surface area contributed by atoms with Gasteiger partial charge in [-0.25, -0.2) is 4.68 Å². The van der Waals surface area contributed by atoms with Crippen molar-refractivity contribution < 1.29 is 5.11 Å². The lowest BCUT2D eigenvalue weighted by Gasteiger charge is -2.29. The molecular weight excluding hydrogens is 336 g/mol. The molecule has 7 heteroatoms. The number of likely N-dealkylation sites (tertiary alicyclic amines) is 1. The summed E-state index contributed by atoms with van der Waals surface area (Å²) in [5, 5.41) is 16.2. The SMILES string of the molecule is CN1CCC(CCNc2cnn(CCO)c(=O)c2Br)CC1. The molecule has 1 saturated heterocycles. The highest BCUT2D eigenvalue weighted by atomic mass is 79.9. The molecule has 2 N–H and O–H groups in total. The number of aromatic nitrogens is 2. The number of rotatable bonds is 6. The molecule has 0 atom stereocenters. The fourth-order valence-corrected chi connectivity index (χ4v) is 3.05. The fourth-order valence-electron chi connectivity index (χ4n) is 2.60. The van der Waals surface area contributed by atoms with Gasteiger partial charge in [0.1, 0.15) is 4.47 Å². The first kappa shape index (κ1) is 16.5. The summed E-state index contributed by atoms with van der Waals surface area (Å²) in [6.07, 6.45) is 5.24. The van der Waals surface area contributed by atoms with Crippen LogP contribution >= 0.6 is 15.9 Å².